The van der Waals surface area contributed by atoms with E-state index >= 15 is 0 Å². The van der Waals surface area contributed by atoms with Crippen LogP contribution in [-0.4, -0.2) is 36.5 Å². The summed E-state index contributed by atoms with van der Waals surface area (Å²) in [6.45, 7) is 3.28. The molecule has 0 aromatic rings. The predicted octanol–water partition coefficient (Wildman–Crippen LogP) is 2.39. The number of rotatable bonds is 3. The van der Waals surface area contributed by atoms with Gasteiger partial charge in [-0.1, -0.05) is 29.5 Å². The number of alkyl halides is 1. The molecule has 4 aliphatic rings. The van der Waals surface area contributed by atoms with Gasteiger partial charge in [0, 0.05) is 16.4 Å². The average Bonchev–Trinajstić information content (AvgIpc) is 3.11. The van der Waals surface area contributed by atoms with Crippen molar-refractivity contribution in [3.63, 3.8) is 0 Å². The van der Waals surface area contributed by atoms with Crippen molar-refractivity contribution in [1.29, 1.82) is 0 Å². The number of fused-ring (bicyclic) bond motifs is 1. The Hall–Kier alpha value is 0.120. The number of cyclic esters (lactones) is 1. The molecule has 3 aliphatic carbocycles. The van der Waals surface area contributed by atoms with Gasteiger partial charge in [-0.25, -0.2) is 0 Å². The third-order valence-electron chi connectivity index (χ3n) is 6.50. The van der Waals surface area contributed by atoms with Crippen LogP contribution in [0, 0.1) is 28.6 Å². The van der Waals surface area contributed by atoms with Gasteiger partial charge in [0.1, 0.15) is 13.4 Å². The number of ether oxygens (including phenoxy) is 3. The van der Waals surface area contributed by atoms with Crippen LogP contribution in [0.4, 0.5) is 0 Å². The fourth-order valence-corrected chi connectivity index (χ4v) is 7.46. The Kier molecular flexibility index (Phi) is 2.97. The number of methoxy groups -OCH3 is 1. The molecule has 4 rings (SSSR count). The maximum absolute atomic E-state index is 12.0. The molecular weight excluding hydrogens is 371 g/mol. The van der Waals surface area contributed by atoms with E-state index in [1.165, 1.54) is 12.8 Å². The van der Waals surface area contributed by atoms with Crippen LogP contribution >= 0.6 is 22.6 Å². The number of halogens is 1. The van der Waals surface area contributed by atoms with Gasteiger partial charge in [-0.2, -0.15) is 0 Å². The minimum absolute atomic E-state index is 0.0360. The molecular formula is C15H21IO4. The van der Waals surface area contributed by atoms with E-state index in [0.717, 1.165) is 6.42 Å². The zero-order chi connectivity index (χ0) is 14.1. The predicted molar refractivity (Wildman–Crippen MR) is 80.4 cm³/mol. The number of carbonyl (C=O) groups excluding carboxylic acids is 1. The lowest BCUT2D eigenvalue weighted by Crippen LogP contribution is -2.54. The summed E-state index contributed by atoms with van der Waals surface area (Å²) in [5.74, 6) is 1.17. The van der Waals surface area contributed by atoms with Gasteiger partial charge in [-0.05, 0) is 36.5 Å². The average molecular weight is 392 g/mol. The Labute approximate surface area is 133 Å². The quantitative estimate of drug-likeness (QED) is 0.320. The van der Waals surface area contributed by atoms with Crippen molar-refractivity contribution in [2.45, 2.75) is 36.2 Å². The number of hydrogen-bond donors (Lipinski definition) is 0. The molecule has 1 unspecified atom stereocenters. The van der Waals surface area contributed by atoms with Gasteiger partial charge in [0.05, 0.1) is 12.0 Å². The lowest BCUT2D eigenvalue weighted by atomic mass is 9.57. The molecule has 0 radical (unpaired) electrons. The largest absolute Gasteiger partial charge is 0.465 e. The molecule has 0 aromatic carbocycles. The highest BCUT2D eigenvalue weighted by Gasteiger charge is 2.80. The van der Waals surface area contributed by atoms with Gasteiger partial charge >= 0.3 is 5.97 Å². The first-order valence-electron chi connectivity index (χ1n) is 7.46. The van der Waals surface area contributed by atoms with E-state index in [4.69, 9.17) is 14.2 Å². The van der Waals surface area contributed by atoms with E-state index in [1.54, 1.807) is 7.11 Å². The molecule has 3 saturated carbocycles. The number of hydrogen-bond acceptors (Lipinski definition) is 4. The Morgan fingerprint density at radius 2 is 2.30 bits per heavy atom. The van der Waals surface area contributed by atoms with Crippen LogP contribution in [-0.2, 0) is 19.0 Å². The summed E-state index contributed by atoms with van der Waals surface area (Å²) in [4.78, 5) is 12.0. The molecule has 20 heavy (non-hydrogen) atoms. The first kappa shape index (κ1) is 13.8. The molecule has 7 atom stereocenters. The van der Waals surface area contributed by atoms with Crippen LogP contribution in [0.1, 0.15) is 26.2 Å². The van der Waals surface area contributed by atoms with Crippen molar-refractivity contribution in [3.8, 4) is 0 Å². The molecule has 112 valence electrons. The summed E-state index contributed by atoms with van der Waals surface area (Å²) in [5.41, 5.74) is 0.282. The molecule has 1 spiro atoms. The van der Waals surface area contributed by atoms with E-state index in [-0.39, 0.29) is 28.8 Å². The normalized spacial score (nSPS) is 56.0. The fourth-order valence-electron chi connectivity index (χ4n) is 5.59. The van der Waals surface area contributed by atoms with Crippen LogP contribution in [0.3, 0.4) is 0 Å². The topological polar surface area (TPSA) is 44.8 Å². The summed E-state index contributed by atoms with van der Waals surface area (Å²) in [6, 6.07) is 0. The highest BCUT2D eigenvalue weighted by Crippen LogP contribution is 2.77. The summed E-state index contributed by atoms with van der Waals surface area (Å²) < 4.78 is 17.3. The van der Waals surface area contributed by atoms with E-state index in [2.05, 4.69) is 29.5 Å². The monoisotopic (exact) mass is 392 g/mol. The second-order valence-corrected chi connectivity index (χ2v) is 8.76. The molecule has 0 aromatic heterocycles. The second-order valence-electron chi connectivity index (χ2n) is 7.16. The third-order valence-corrected chi connectivity index (χ3v) is 7.77. The molecule has 0 amide bonds. The smallest absolute Gasteiger partial charge is 0.309 e. The first-order valence-corrected chi connectivity index (χ1v) is 8.71. The Bertz CT molecular complexity index is 455. The molecule has 1 heterocycles. The molecule has 0 N–H and O–H groups in total. The van der Waals surface area contributed by atoms with Gasteiger partial charge in [0.15, 0.2) is 0 Å². The number of carbonyl (C=O) groups is 1. The summed E-state index contributed by atoms with van der Waals surface area (Å²) in [5, 5.41) is 0. The van der Waals surface area contributed by atoms with Crippen LogP contribution in [0.5, 0.6) is 0 Å². The number of esters is 1. The maximum atomic E-state index is 12.0. The lowest BCUT2D eigenvalue weighted by Gasteiger charge is -2.51. The standard InChI is InChI=1S/C15H21IO4/c1-14-4-3-9(20-7-18-2)15(14)6-19-13(17)11-10(12(11)15)8(16)5-14/h8-12H,3-7H2,1-2H3/t8?,9-,10+,11-,12+,14-,15+/m0/s1. The van der Waals surface area contributed by atoms with Crippen LogP contribution in [0.25, 0.3) is 0 Å². The van der Waals surface area contributed by atoms with Gasteiger partial charge in [0.2, 0.25) is 0 Å². The summed E-state index contributed by atoms with van der Waals surface area (Å²) in [7, 11) is 1.66. The van der Waals surface area contributed by atoms with Crippen molar-refractivity contribution in [1.82, 2.24) is 0 Å². The fraction of sp³-hybridized carbons (Fsp3) is 0.933. The highest BCUT2D eigenvalue weighted by atomic mass is 127. The second kappa shape index (κ2) is 4.32. The van der Waals surface area contributed by atoms with Gasteiger partial charge < -0.3 is 14.2 Å². The van der Waals surface area contributed by atoms with Crippen LogP contribution in [0.2, 0.25) is 0 Å². The van der Waals surface area contributed by atoms with Gasteiger partial charge in [0.25, 0.3) is 0 Å². The van der Waals surface area contributed by atoms with Crippen molar-refractivity contribution in [2.75, 3.05) is 20.5 Å². The highest BCUT2D eigenvalue weighted by molar-refractivity contribution is 14.1. The Morgan fingerprint density at radius 1 is 1.50 bits per heavy atom. The third kappa shape index (κ3) is 1.47. The Morgan fingerprint density at radius 3 is 3.05 bits per heavy atom. The van der Waals surface area contributed by atoms with Crippen molar-refractivity contribution < 1.29 is 19.0 Å². The minimum Gasteiger partial charge on any atom is -0.465 e. The first-order chi connectivity index (χ1) is 9.55. The molecule has 5 heteroatoms. The molecule has 0 bridgehead atoms. The molecule has 4 fully saturated rings. The minimum atomic E-state index is 0.0360. The van der Waals surface area contributed by atoms with Crippen LogP contribution < -0.4 is 0 Å². The molecule has 4 nitrogen and oxygen atoms in total. The summed E-state index contributed by atoms with van der Waals surface area (Å²) in [6.07, 6.45) is 3.61. The lowest BCUT2D eigenvalue weighted by molar-refractivity contribution is -0.189. The van der Waals surface area contributed by atoms with E-state index in [9.17, 15) is 4.79 Å². The van der Waals surface area contributed by atoms with Crippen molar-refractivity contribution >= 4 is 28.6 Å². The van der Waals surface area contributed by atoms with E-state index in [1.807, 2.05) is 0 Å². The van der Waals surface area contributed by atoms with E-state index in [0.29, 0.717) is 29.2 Å². The maximum Gasteiger partial charge on any atom is 0.309 e. The SMILES string of the molecule is COCO[C@H]1CC[C@@]2(C)CC(I)[C@@H]3[C@@H]4C(=O)OC[C@]12[C@@H]43. The van der Waals surface area contributed by atoms with Gasteiger partial charge in [-0.15, -0.1) is 0 Å². The summed E-state index contributed by atoms with van der Waals surface area (Å²) >= 11 is 2.56. The Balaban J connectivity index is 1.73. The molecule has 1 aliphatic heterocycles. The molecule has 1 saturated heterocycles. The zero-order valence-electron chi connectivity index (χ0n) is 11.9. The van der Waals surface area contributed by atoms with Gasteiger partial charge in [-0.3, -0.25) is 4.79 Å². The zero-order valence-corrected chi connectivity index (χ0v) is 14.1. The van der Waals surface area contributed by atoms with E-state index < -0.39 is 0 Å². The van der Waals surface area contributed by atoms with Crippen molar-refractivity contribution in [3.05, 3.63) is 0 Å². The van der Waals surface area contributed by atoms with Crippen molar-refractivity contribution in [2.24, 2.45) is 28.6 Å². The van der Waals surface area contributed by atoms with Crippen LogP contribution in [0.15, 0.2) is 0 Å².